The first-order valence-electron chi connectivity index (χ1n) is 11.2. The molecule has 2 fully saturated rings. The van der Waals surface area contributed by atoms with Crippen molar-refractivity contribution in [3.63, 3.8) is 0 Å². The summed E-state index contributed by atoms with van der Waals surface area (Å²) in [5, 5.41) is 3.49. The second kappa shape index (κ2) is 8.94. The van der Waals surface area contributed by atoms with Gasteiger partial charge < -0.3 is 24.4 Å². The van der Waals surface area contributed by atoms with Crippen molar-refractivity contribution in [3.8, 4) is 0 Å². The first-order chi connectivity index (χ1) is 14.5. The summed E-state index contributed by atoms with van der Waals surface area (Å²) in [4.78, 5) is 22.3. The number of carbonyl (C=O) groups excluding carboxylic acids is 1. The van der Waals surface area contributed by atoms with E-state index in [2.05, 4.69) is 34.8 Å². The number of hydrogen-bond donors (Lipinski definition) is 1. The van der Waals surface area contributed by atoms with Gasteiger partial charge in [0.1, 0.15) is 0 Å². The number of rotatable bonds is 8. The molecule has 1 aromatic heterocycles. The quantitative estimate of drug-likeness (QED) is 0.721. The number of nitrogens with zero attached hydrogens (tertiary/aromatic N) is 4. The normalized spacial score (nSPS) is 19.2. The molecule has 0 radical (unpaired) electrons. The molecule has 0 bridgehead atoms. The average Bonchev–Trinajstić information content (AvgIpc) is 3.49. The van der Waals surface area contributed by atoms with Gasteiger partial charge in [-0.05, 0) is 76.9 Å². The predicted molar refractivity (Wildman–Crippen MR) is 120 cm³/mol. The molecular weight excluding hydrogens is 378 g/mol. The minimum absolute atomic E-state index is 0.0884. The number of amides is 1. The Bertz CT molecular complexity index is 883. The number of benzene rings is 1. The van der Waals surface area contributed by atoms with Crippen LogP contribution in [0.3, 0.4) is 0 Å². The van der Waals surface area contributed by atoms with Gasteiger partial charge in [0.15, 0.2) is 0 Å². The standard InChI is InChI=1S/C23H35N5O2/c1-16(15-30-4)24-23-25-20-13-18(7-8-21(20)28(23)14-17-5-6-17)22(29)27(3)19-9-11-26(2)12-10-19/h7-8,13,16-17,19H,5-6,9-12,14-15H2,1-4H3,(H,24,25)/t16-/m0/s1. The van der Waals surface area contributed by atoms with E-state index in [4.69, 9.17) is 9.72 Å². The monoisotopic (exact) mass is 413 g/mol. The van der Waals surface area contributed by atoms with E-state index in [-0.39, 0.29) is 11.9 Å². The van der Waals surface area contributed by atoms with Gasteiger partial charge in [-0.15, -0.1) is 0 Å². The number of methoxy groups -OCH3 is 1. The van der Waals surface area contributed by atoms with E-state index < -0.39 is 0 Å². The summed E-state index contributed by atoms with van der Waals surface area (Å²) in [5.41, 5.74) is 2.69. The zero-order valence-electron chi connectivity index (χ0n) is 18.7. The largest absolute Gasteiger partial charge is 0.383 e. The molecule has 1 N–H and O–H groups in total. The second-order valence-corrected chi connectivity index (χ2v) is 9.14. The van der Waals surface area contributed by atoms with E-state index in [0.29, 0.717) is 12.6 Å². The van der Waals surface area contributed by atoms with Crippen molar-refractivity contribution in [2.45, 2.75) is 51.2 Å². The maximum Gasteiger partial charge on any atom is 0.253 e. The molecule has 2 heterocycles. The molecule has 1 amide bonds. The number of hydrogen-bond acceptors (Lipinski definition) is 5. The molecule has 1 aromatic carbocycles. The van der Waals surface area contributed by atoms with Crippen molar-refractivity contribution in [2.24, 2.45) is 5.92 Å². The maximum atomic E-state index is 13.2. The van der Waals surface area contributed by atoms with Crippen LogP contribution >= 0.6 is 0 Å². The lowest BCUT2D eigenvalue weighted by Gasteiger charge is -2.35. The zero-order chi connectivity index (χ0) is 21.3. The van der Waals surface area contributed by atoms with E-state index in [9.17, 15) is 4.79 Å². The number of likely N-dealkylation sites (tertiary alicyclic amines) is 1. The van der Waals surface area contributed by atoms with Crippen LogP contribution < -0.4 is 5.32 Å². The van der Waals surface area contributed by atoms with Gasteiger partial charge in [0.25, 0.3) is 5.91 Å². The van der Waals surface area contributed by atoms with Crippen molar-refractivity contribution < 1.29 is 9.53 Å². The number of piperidine rings is 1. The average molecular weight is 414 g/mol. The molecule has 2 aliphatic rings. The Morgan fingerprint density at radius 3 is 2.70 bits per heavy atom. The number of nitrogens with one attached hydrogen (secondary N) is 1. The predicted octanol–water partition coefficient (Wildman–Crippen LogP) is 3.06. The highest BCUT2D eigenvalue weighted by Crippen LogP contribution is 2.34. The van der Waals surface area contributed by atoms with Crippen molar-refractivity contribution in [3.05, 3.63) is 23.8 Å². The van der Waals surface area contributed by atoms with Gasteiger partial charge in [-0.3, -0.25) is 4.79 Å². The summed E-state index contributed by atoms with van der Waals surface area (Å²) in [6, 6.07) is 6.46. The number of ether oxygens (including phenoxy) is 1. The summed E-state index contributed by atoms with van der Waals surface area (Å²) in [7, 11) is 5.79. The van der Waals surface area contributed by atoms with Gasteiger partial charge >= 0.3 is 0 Å². The number of fused-ring (bicyclic) bond motifs is 1. The highest BCUT2D eigenvalue weighted by molar-refractivity contribution is 5.97. The molecule has 0 spiro atoms. The summed E-state index contributed by atoms with van der Waals surface area (Å²) in [5.74, 6) is 1.69. The van der Waals surface area contributed by atoms with E-state index >= 15 is 0 Å². The first-order valence-corrected chi connectivity index (χ1v) is 11.2. The molecule has 164 valence electrons. The van der Waals surface area contributed by atoms with Gasteiger partial charge in [0.2, 0.25) is 5.95 Å². The highest BCUT2D eigenvalue weighted by atomic mass is 16.5. The molecular formula is C23H35N5O2. The van der Waals surface area contributed by atoms with Crippen LogP contribution in [-0.4, -0.2) is 78.2 Å². The van der Waals surface area contributed by atoms with Crippen LogP contribution in [0.1, 0.15) is 43.0 Å². The number of anilines is 1. The van der Waals surface area contributed by atoms with E-state index in [1.165, 1.54) is 12.8 Å². The fourth-order valence-electron chi connectivity index (χ4n) is 4.38. The topological polar surface area (TPSA) is 62.6 Å². The number of imidazole rings is 1. The van der Waals surface area contributed by atoms with E-state index in [1.54, 1.807) is 7.11 Å². The third kappa shape index (κ3) is 4.62. The van der Waals surface area contributed by atoms with Gasteiger partial charge in [0.05, 0.1) is 17.6 Å². The van der Waals surface area contributed by atoms with Crippen LogP contribution in [0, 0.1) is 5.92 Å². The lowest BCUT2D eigenvalue weighted by molar-refractivity contribution is 0.0659. The van der Waals surface area contributed by atoms with Crippen molar-refractivity contribution in [1.82, 2.24) is 19.4 Å². The van der Waals surface area contributed by atoms with Gasteiger partial charge in [-0.1, -0.05) is 0 Å². The third-order valence-corrected chi connectivity index (χ3v) is 6.48. The second-order valence-electron chi connectivity index (χ2n) is 9.14. The van der Waals surface area contributed by atoms with Crippen molar-refractivity contribution >= 4 is 22.9 Å². The summed E-state index contributed by atoms with van der Waals surface area (Å²) in [6.45, 7) is 5.78. The lowest BCUT2D eigenvalue weighted by atomic mass is 10.0. The minimum atomic E-state index is 0.0884. The molecule has 1 aliphatic carbocycles. The first kappa shape index (κ1) is 21.1. The summed E-state index contributed by atoms with van der Waals surface area (Å²) < 4.78 is 7.54. The SMILES string of the molecule is COC[C@H](C)Nc1nc2cc(C(=O)N(C)C3CCN(C)CC3)ccc2n1CC1CC1. The number of aromatic nitrogens is 2. The van der Waals surface area contributed by atoms with Crippen LogP contribution in [0.4, 0.5) is 5.95 Å². The molecule has 7 nitrogen and oxygen atoms in total. The Balaban J connectivity index is 1.57. The van der Waals surface area contributed by atoms with Gasteiger partial charge in [0, 0.05) is 38.3 Å². The Hall–Kier alpha value is -2.12. The minimum Gasteiger partial charge on any atom is -0.383 e. The fraction of sp³-hybridized carbons (Fsp3) is 0.652. The summed E-state index contributed by atoms with van der Waals surface area (Å²) >= 11 is 0. The molecule has 1 atom stereocenters. The molecule has 1 aliphatic heterocycles. The van der Waals surface area contributed by atoms with E-state index in [1.807, 2.05) is 24.1 Å². The molecule has 1 saturated heterocycles. The Morgan fingerprint density at radius 1 is 1.30 bits per heavy atom. The molecule has 7 heteroatoms. The molecule has 30 heavy (non-hydrogen) atoms. The summed E-state index contributed by atoms with van der Waals surface area (Å²) in [6.07, 6.45) is 4.63. The fourth-order valence-corrected chi connectivity index (χ4v) is 4.38. The van der Waals surface area contributed by atoms with Gasteiger partial charge in [-0.2, -0.15) is 0 Å². The van der Waals surface area contributed by atoms with Crippen molar-refractivity contribution in [2.75, 3.05) is 46.2 Å². The van der Waals surface area contributed by atoms with Crippen molar-refractivity contribution in [1.29, 1.82) is 0 Å². The number of carbonyl (C=O) groups is 1. The van der Waals surface area contributed by atoms with Crippen LogP contribution in [0.15, 0.2) is 18.2 Å². The van der Waals surface area contributed by atoms with Crippen LogP contribution in [-0.2, 0) is 11.3 Å². The third-order valence-electron chi connectivity index (χ3n) is 6.48. The zero-order valence-corrected chi connectivity index (χ0v) is 18.7. The Kier molecular flexibility index (Phi) is 6.29. The lowest BCUT2D eigenvalue weighted by Crippen LogP contribution is -2.44. The van der Waals surface area contributed by atoms with E-state index in [0.717, 1.165) is 60.9 Å². The van der Waals surface area contributed by atoms with Crippen LogP contribution in [0.2, 0.25) is 0 Å². The molecule has 2 aromatic rings. The van der Waals surface area contributed by atoms with Crippen LogP contribution in [0.25, 0.3) is 11.0 Å². The Morgan fingerprint density at radius 2 is 2.03 bits per heavy atom. The maximum absolute atomic E-state index is 13.2. The highest BCUT2D eigenvalue weighted by Gasteiger charge is 2.27. The molecule has 0 unspecified atom stereocenters. The van der Waals surface area contributed by atoms with Gasteiger partial charge in [-0.25, -0.2) is 4.98 Å². The molecule has 4 rings (SSSR count). The smallest absolute Gasteiger partial charge is 0.253 e. The molecule has 1 saturated carbocycles. The Labute approximate surface area is 179 Å². The van der Waals surface area contributed by atoms with Crippen LogP contribution in [0.5, 0.6) is 0 Å².